The van der Waals surface area contributed by atoms with E-state index in [-0.39, 0.29) is 6.04 Å². The molecule has 0 radical (unpaired) electrons. The van der Waals surface area contributed by atoms with Crippen LogP contribution < -0.4 is 5.32 Å². The van der Waals surface area contributed by atoms with Crippen molar-refractivity contribution in [3.8, 4) is 0 Å². The smallest absolute Gasteiger partial charge is 0.126 e. The highest BCUT2D eigenvalue weighted by atomic mass is 19.1. The SMILES string of the molecule is CC(Cc1ccc2ccccc2c1)NCc1cc(F)cc(F)c1. The van der Waals surface area contributed by atoms with E-state index in [2.05, 4.69) is 42.6 Å². The Morgan fingerprint density at radius 2 is 1.52 bits per heavy atom. The van der Waals surface area contributed by atoms with Crippen LogP contribution in [0.25, 0.3) is 10.8 Å². The molecule has 0 heterocycles. The van der Waals surface area contributed by atoms with E-state index in [1.807, 2.05) is 12.1 Å². The molecule has 0 amide bonds. The third-order valence-electron chi connectivity index (χ3n) is 3.93. The summed E-state index contributed by atoms with van der Waals surface area (Å²) in [5, 5.41) is 5.77. The zero-order chi connectivity index (χ0) is 16.2. The molecule has 1 N–H and O–H groups in total. The van der Waals surface area contributed by atoms with Crippen molar-refractivity contribution in [2.75, 3.05) is 0 Å². The second kappa shape index (κ2) is 6.88. The summed E-state index contributed by atoms with van der Waals surface area (Å²) in [5.41, 5.74) is 1.86. The first kappa shape index (κ1) is 15.6. The first-order chi connectivity index (χ1) is 11.1. The average Bonchev–Trinajstić information content (AvgIpc) is 2.52. The molecule has 3 aromatic carbocycles. The minimum atomic E-state index is -0.538. The van der Waals surface area contributed by atoms with Gasteiger partial charge in [-0.15, -0.1) is 0 Å². The van der Waals surface area contributed by atoms with Gasteiger partial charge in [0.25, 0.3) is 0 Å². The Hall–Kier alpha value is -2.26. The number of hydrogen-bond acceptors (Lipinski definition) is 1. The number of benzene rings is 3. The van der Waals surface area contributed by atoms with Crippen molar-refractivity contribution in [1.29, 1.82) is 0 Å². The number of rotatable bonds is 5. The molecule has 1 nitrogen and oxygen atoms in total. The summed E-state index contributed by atoms with van der Waals surface area (Å²) in [6.45, 7) is 2.52. The molecule has 1 atom stereocenters. The Morgan fingerprint density at radius 3 is 2.26 bits per heavy atom. The Labute approximate surface area is 135 Å². The van der Waals surface area contributed by atoms with Crippen LogP contribution in [-0.2, 0) is 13.0 Å². The lowest BCUT2D eigenvalue weighted by Gasteiger charge is -2.14. The van der Waals surface area contributed by atoms with Gasteiger partial charge in [0.1, 0.15) is 11.6 Å². The Balaban J connectivity index is 1.62. The van der Waals surface area contributed by atoms with E-state index >= 15 is 0 Å². The van der Waals surface area contributed by atoms with Gasteiger partial charge in [0.2, 0.25) is 0 Å². The Kier molecular flexibility index (Phi) is 4.68. The van der Waals surface area contributed by atoms with Gasteiger partial charge < -0.3 is 5.32 Å². The van der Waals surface area contributed by atoms with E-state index in [0.29, 0.717) is 12.1 Å². The Bertz CT molecular complexity index is 793. The summed E-state index contributed by atoms with van der Waals surface area (Å²) in [4.78, 5) is 0. The van der Waals surface area contributed by atoms with E-state index in [0.717, 1.165) is 12.5 Å². The van der Waals surface area contributed by atoms with Crippen LogP contribution in [0.3, 0.4) is 0 Å². The zero-order valence-electron chi connectivity index (χ0n) is 13.0. The molecule has 0 aliphatic carbocycles. The van der Waals surface area contributed by atoms with Crippen LogP contribution in [0.5, 0.6) is 0 Å². The van der Waals surface area contributed by atoms with Crippen molar-refractivity contribution in [1.82, 2.24) is 5.32 Å². The zero-order valence-corrected chi connectivity index (χ0v) is 13.0. The summed E-state index contributed by atoms with van der Waals surface area (Å²) >= 11 is 0. The molecule has 3 rings (SSSR count). The highest BCUT2D eigenvalue weighted by Gasteiger charge is 2.06. The molecule has 0 fully saturated rings. The van der Waals surface area contributed by atoms with E-state index in [1.165, 1.54) is 28.5 Å². The minimum Gasteiger partial charge on any atom is -0.310 e. The molecule has 118 valence electrons. The van der Waals surface area contributed by atoms with Crippen molar-refractivity contribution >= 4 is 10.8 Å². The lowest BCUT2D eigenvalue weighted by molar-refractivity contribution is 0.535. The Morgan fingerprint density at radius 1 is 0.826 bits per heavy atom. The third kappa shape index (κ3) is 4.14. The van der Waals surface area contributed by atoms with E-state index < -0.39 is 11.6 Å². The molecule has 0 aliphatic heterocycles. The second-order valence-corrected chi connectivity index (χ2v) is 5.95. The van der Waals surface area contributed by atoms with Crippen molar-refractivity contribution < 1.29 is 8.78 Å². The molecule has 1 unspecified atom stereocenters. The largest absolute Gasteiger partial charge is 0.310 e. The number of halogens is 2. The lowest BCUT2D eigenvalue weighted by atomic mass is 10.0. The molecule has 3 heteroatoms. The maximum absolute atomic E-state index is 13.2. The van der Waals surface area contributed by atoms with Gasteiger partial charge in [-0.25, -0.2) is 8.78 Å². The first-order valence-corrected chi connectivity index (χ1v) is 7.76. The maximum Gasteiger partial charge on any atom is 0.126 e. The van der Waals surface area contributed by atoms with Gasteiger partial charge >= 0.3 is 0 Å². The van der Waals surface area contributed by atoms with Crippen LogP contribution in [0.2, 0.25) is 0 Å². The van der Waals surface area contributed by atoms with E-state index in [4.69, 9.17) is 0 Å². The first-order valence-electron chi connectivity index (χ1n) is 7.76. The molecule has 0 bridgehead atoms. The van der Waals surface area contributed by atoms with E-state index in [1.54, 1.807) is 0 Å². The molecular formula is C20H19F2N. The fraction of sp³-hybridized carbons (Fsp3) is 0.200. The molecule has 23 heavy (non-hydrogen) atoms. The molecular weight excluding hydrogens is 292 g/mol. The lowest BCUT2D eigenvalue weighted by Crippen LogP contribution is -2.27. The van der Waals surface area contributed by atoms with Crippen molar-refractivity contribution in [2.45, 2.75) is 25.9 Å². The quantitative estimate of drug-likeness (QED) is 0.711. The van der Waals surface area contributed by atoms with Crippen LogP contribution in [0.1, 0.15) is 18.1 Å². The van der Waals surface area contributed by atoms with Crippen LogP contribution in [0.15, 0.2) is 60.7 Å². The molecule has 0 aromatic heterocycles. The number of nitrogens with one attached hydrogen (secondary N) is 1. The molecule has 0 aliphatic rings. The van der Waals surface area contributed by atoms with Crippen LogP contribution in [-0.4, -0.2) is 6.04 Å². The summed E-state index contributed by atoms with van der Waals surface area (Å²) in [5.74, 6) is -1.08. The third-order valence-corrected chi connectivity index (χ3v) is 3.93. The molecule has 0 spiro atoms. The monoisotopic (exact) mass is 311 g/mol. The standard InChI is InChI=1S/C20H19F2N/c1-14(23-13-16-10-19(21)12-20(22)11-16)8-15-6-7-17-4-2-3-5-18(17)9-15/h2-7,9-12,14,23H,8,13H2,1H3. The van der Waals surface area contributed by atoms with Crippen LogP contribution in [0, 0.1) is 11.6 Å². The molecule has 3 aromatic rings. The predicted molar refractivity (Wildman–Crippen MR) is 90.3 cm³/mol. The second-order valence-electron chi connectivity index (χ2n) is 5.95. The number of hydrogen-bond donors (Lipinski definition) is 1. The van der Waals surface area contributed by atoms with Gasteiger partial charge in [0, 0.05) is 18.7 Å². The maximum atomic E-state index is 13.2. The molecule has 0 saturated heterocycles. The van der Waals surface area contributed by atoms with Crippen LogP contribution >= 0.6 is 0 Å². The fourth-order valence-electron chi connectivity index (χ4n) is 2.80. The summed E-state index contributed by atoms with van der Waals surface area (Å²) in [6.07, 6.45) is 0.864. The summed E-state index contributed by atoms with van der Waals surface area (Å²) in [7, 11) is 0. The number of fused-ring (bicyclic) bond motifs is 1. The van der Waals surface area contributed by atoms with Crippen molar-refractivity contribution in [3.63, 3.8) is 0 Å². The molecule has 0 saturated carbocycles. The summed E-state index contributed by atoms with van der Waals surface area (Å²) < 4.78 is 26.4. The summed E-state index contributed by atoms with van der Waals surface area (Å²) in [6, 6.07) is 18.5. The minimum absolute atomic E-state index is 0.211. The van der Waals surface area contributed by atoms with Crippen LogP contribution in [0.4, 0.5) is 8.78 Å². The van der Waals surface area contributed by atoms with Crippen molar-refractivity contribution in [2.24, 2.45) is 0 Å². The van der Waals surface area contributed by atoms with Gasteiger partial charge in [-0.3, -0.25) is 0 Å². The van der Waals surface area contributed by atoms with Crippen molar-refractivity contribution in [3.05, 3.63) is 83.4 Å². The highest BCUT2D eigenvalue weighted by Crippen LogP contribution is 2.17. The van der Waals surface area contributed by atoms with Gasteiger partial charge in [-0.05, 0) is 47.4 Å². The van der Waals surface area contributed by atoms with Gasteiger partial charge in [-0.2, -0.15) is 0 Å². The van der Waals surface area contributed by atoms with E-state index in [9.17, 15) is 8.78 Å². The van der Waals surface area contributed by atoms with Gasteiger partial charge in [-0.1, -0.05) is 42.5 Å². The van der Waals surface area contributed by atoms with Gasteiger partial charge in [0.05, 0.1) is 0 Å². The average molecular weight is 311 g/mol. The topological polar surface area (TPSA) is 12.0 Å². The highest BCUT2D eigenvalue weighted by molar-refractivity contribution is 5.82. The van der Waals surface area contributed by atoms with Gasteiger partial charge in [0.15, 0.2) is 0 Å². The normalized spacial score (nSPS) is 12.5. The predicted octanol–water partition coefficient (Wildman–Crippen LogP) is 4.84. The fourth-order valence-corrected chi connectivity index (χ4v) is 2.80.